The average Bonchev–Trinajstić information content (AvgIpc) is 2.70. The summed E-state index contributed by atoms with van der Waals surface area (Å²) in [5, 5.41) is 12.1. The maximum absolute atomic E-state index is 10.6. The van der Waals surface area contributed by atoms with Gasteiger partial charge < -0.3 is 9.63 Å². The van der Waals surface area contributed by atoms with Crippen molar-refractivity contribution in [2.45, 2.75) is 44.1 Å². The van der Waals surface area contributed by atoms with E-state index < -0.39 is 11.2 Å². The number of aliphatic carboxylic acids is 1. The van der Waals surface area contributed by atoms with Crippen molar-refractivity contribution in [2.75, 3.05) is 0 Å². The maximum Gasteiger partial charge on any atom is 0.316 e. The van der Waals surface area contributed by atoms with Crippen molar-refractivity contribution >= 4 is 17.7 Å². The van der Waals surface area contributed by atoms with Gasteiger partial charge in [0.15, 0.2) is 5.82 Å². The van der Waals surface area contributed by atoms with Gasteiger partial charge in [0.25, 0.3) is 0 Å². The van der Waals surface area contributed by atoms with Crippen molar-refractivity contribution in [3.63, 3.8) is 0 Å². The minimum absolute atomic E-state index is 0.451. The van der Waals surface area contributed by atoms with E-state index in [0.717, 1.165) is 19.3 Å². The van der Waals surface area contributed by atoms with Crippen LogP contribution in [-0.2, 0) is 17.0 Å². The van der Waals surface area contributed by atoms with E-state index in [2.05, 4.69) is 17.1 Å². The molecule has 1 aromatic rings. The molecule has 0 aromatic carbocycles. The molecular weight excluding hydrogens is 228 g/mol. The van der Waals surface area contributed by atoms with Crippen LogP contribution in [0.2, 0.25) is 0 Å². The number of thioether (sulfide) groups is 1. The quantitative estimate of drug-likeness (QED) is 0.791. The van der Waals surface area contributed by atoms with E-state index in [9.17, 15) is 4.79 Å². The summed E-state index contributed by atoms with van der Waals surface area (Å²) in [6.07, 6.45) is 2.95. The lowest BCUT2D eigenvalue weighted by atomic mass is 10.2. The molecule has 0 aliphatic heterocycles. The number of hydrogen-bond acceptors (Lipinski definition) is 5. The number of carboxylic acid groups (broad SMARTS) is 1. The van der Waals surface area contributed by atoms with Crippen LogP contribution in [0.15, 0.2) is 4.52 Å². The molecule has 0 aliphatic rings. The summed E-state index contributed by atoms with van der Waals surface area (Å²) in [4.78, 5) is 14.8. The molecule has 1 N–H and O–H groups in total. The largest absolute Gasteiger partial charge is 0.480 e. The maximum atomic E-state index is 10.6. The second-order valence-electron chi connectivity index (χ2n) is 3.50. The van der Waals surface area contributed by atoms with Crippen molar-refractivity contribution in [2.24, 2.45) is 0 Å². The van der Waals surface area contributed by atoms with Crippen LogP contribution in [0.4, 0.5) is 0 Å². The van der Waals surface area contributed by atoms with E-state index in [0.29, 0.717) is 17.5 Å². The Morgan fingerprint density at radius 1 is 1.62 bits per heavy atom. The molecule has 1 aromatic heterocycles. The summed E-state index contributed by atoms with van der Waals surface area (Å²) in [6, 6.07) is 0. The Labute approximate surface area is 98.6 Å². The van der Waals surface area contributed by atoms with Gasteiger partial charge in [0, 0.05) is 6.42 Å². The van der Waals surface area contributed by atoms with Gasteiger partial charge >= 0.3 is 5.97 Å². The van der Waals surface area contributed by atoms with Gasteiger partial charge in [-0.05, 0) is 13.3 Å². The molecule has 6 heteroatoms. The first-order valence-electron chi connectivity index (χ1n) is 5.29. The number of nitrogens with zero attached hydrogens (tertiary/aromatic N) is 2. The zero-order chi connectivity index (χ0) is 12.0. The minimum atomic E-state index is -0.823. The fraction of sp³-hybridized carbons (Fsp3) is 0.700. The van der Waals surface area contributed by atoms with Crippen LogP contribution in [0.1, 0.15) is 38.4 Å². The lowest BCUT2D eigenvalue weighted by Crippen LogP contribution is -2.11. The van der Waals surface area contributed by atoms with Crippen LogP contribution < -0.4 is 0 Å². The molecule has 0 radical (unpaired) electrons. The second kappa shape index (κ2) is 6.52. The van der Waals surface area contributed by atoms with Gasteiger partial charge in [-0.15, -0.1) is 11.8 Å². The molecule has 0 saturated heterocycles. The Hall–Kier alpha value is -1.04. The van der Waals surface area contributed by atoms with E-state index in [1.807, 2.05) is 0 Å². The van der Waals surface area contributed by atoms with Crippen LogP contribution in [0.5, 0.6) is 0 Å². The third kappa shape index (κ3) is 4.22. The fourth-order valence-electron chi connectivity index (χ4n) is 1.05. The van der Waals surface area contributed by atoms with Gasteiger partial charge in [0.1, 0.15) is 0 Å². The monoisotopic (exact) mass is 244 g/mol. The highest BCUT2D eigenvalue weighted by molar-refractivity contribution is 7.99. The number of unbranched alkanes of at least 4 members (excludes halogenated alkanes) is 1. The lowest BCUT2D eigenvalue weighted by molar-refractivity contribution is -0.136. The Morgan fingerprint density at radius 2 is 2.38 bits per heavy atom. The predicted molar refractivity (Wildman–Crippen MR) is 61.3 cm³/mol. The predicted octanol–water partition coefficient (Wildman–Crippen LogP) is 2.12. The molecule has 5 nitrogen and oxygen atoms in total. The summed E-state index contributed by atoms with van der Waals surface area (Å²) >= 11 is 1.28. The van der Waals surface area contributed by atoms with Gasteiger partial charge in [0.2, 0.25) is 5.89 Å². The van der Waals surface area contributed by atoms with Gasteiger partial charge in [-0.3, -0.25) is 4.79 Å². The van der Waals surface area contributed by atoms with E-state index in [-0.39, 0.29) is 0 Å². The van der Waals surface area contributed by atoms with Crippen LogP contribution in [0.3, 0.4) is 0 Å². The molecular formula is C10H16N2O3S. The van der Waals surface area contributed by atoms with Gasteiger partial charge in [-0.2, -0.15) is 4.98 Å². The summed E-state index contributed by atoms with van der Waals surface area (Å²) < 4.78 is 5.02. The smallest absolute Gasteiger partial charge is 0.316 e. The standard InChI is InChI=1S/C10H16N2O3S/c1-3-4-5-8-11-9(15-12-8)6-16-7(2)10(13)14/h7H,3-6H2,1-2H3,(H,13,14). The molecule has 16 heavy (non-hydrogen) atoms. The number of aryl methyl sites for hydroxylation is 1. The lowest BCUT2D eigenvalue weighted by Gasteiger charge is -2.01. The van der Waals surface area contributed by atoms with Crippen LogP contribution >= 0.6 is 11.8 Å². The third-order valence-corrected chi connectivity index (χ3v) is 3.18. The van der Waals surface area contributed by atoms with Crippen LogP contribution in [-0.4, -0.2) is 26.5 Å². The van der Waals surface area contributed by atoms with Crippen molar-refractivity contribution in [1.82, 2.24) is 10.1 Å². The first-order valence-corrected chi connectivity index (χ1v) is 6.34. The summed E-state index contributed by atoms with van der Waals surface area (Å²) in [5.74, 6) is 0.840. The Bertz CT molecular complexity index is 341. The molecule has 0 bridgehead atoms. The molecule has 90 valence electrons. The fourth-order valence-corrected chi connectivity index (χ4v) is 1.71. The van der Waals surface area contributed by atoms with Crippen LogP contribution in [0, 0.1) is 0 Å². The first-order chi connectivity index (χ1) is 7.63. The number of rotatable bonds is 7. The minimum Gasteiger partial charge on any atom is -0.480 e. The molecule has 0 fully saturated rings. The summed E-state index contributed by atoms with van der Waals surface area (Å²) in [6.45, 7) is 3.74. The third-order valence-electron chi connectivity index (χ3n) is 2.07. The van der Waals surface area contributed by atoms with E-state index >= 15 is 0 Å². The number of aromatic nitrogens is 2. The van der Waals surface area contributed by atoms with E-state index in [1.54, 1.807) is 6.92 Å². The van der Waals surface area contributed by atoms with Gasteiger partial charge in [-0.25, -0.2) is 0 Å². The second-order valence-corrected chi connectivity index (χ2v) is 4.83. The Morgan fingerprint density at radius 3 is 3.00 bits per heavy atom. The molecule has 0 saturated carbocycles. The van der Waals surface area contributed by atoms with Gasteiger partial charge in [0.05, 0.1) is 11.0 Å². The molecule has 1 atom stereocenters. The van der Waals surface area contributed by atoms with Crippen LogP contribution in [0.25, 0.3) is 0 Å². The summed E-state index contributed by atoms with van der Waals surface area (Å²) in [5.41, 5.74) is 0. The molecule has 0 spiro atoms. The highest BCUT2D eigenvalue weighted by Gasteiger charge is 2.13. The molecule has 0 aliphatic carbocycles. The topological polar surface area (TPSA) is 76.2 Å². The van der Waals surface area contributed by atoms with E-state index in [1.165, 1.54) is 11.8 Å². The molecule has 1 rings (SSSR count). The summed E-state index contributed by atoms with van der Waals surface area (Å²) in [7, 11) is 0. The number of carbonyl (C=O) groups is 1. The average molecular weight is 244 g/mol. The van der Waals surface area contributed by atoms with Gasteiger partial charge in [-0.1, -0.05) is 18.5 Å². The number of hydrogen-bond donors (Lipinski definition) is 1. The molecule has 0 amide bonds. The highest BCUT2D eigenvalue weighted by Crippen LogP contribution is 2.16. The van der Waals surface area contributed by atoms with Crippen molar-refractivity contribution in [3.05, 3.63) is 11.7 Å². The van der Waals surface area contributed by atoms with Crippen molar-refractivity contribution < 1.29 is 14.4 Å². The Balaban J connectivity index is 2.37. The highest BCUT2D eigenvalue weighted by atomic mass is 32.2. The zero-order valence-corrected chi connectivity index (χ0v) is 10.3. The zero-order valence-electron chi connectivity index (χ0n) is 9.47. The SMILES string of the molecule is CCCCc1noc(CSC(C)C(=O)O)n1. The number of carboxylic acids is 1. The van der Waals surface area contributed by atoms with E-state index in [4.69, 9.17) is 9.63 Å². The molecule has 1 unspecified atom stereocenters. The van der Waals surface area contributed by atoms with Crippen molar-refractivity contribution in [1.29, 1.82) is 0 Å². The Kier molecular flexibility index (Phi) is 5.31. The molecule has 1 heterocycles. The normalized spacial score (nSPS) is 12.6. The first kappa shape index (κ1) is 13.0. The van der Waals surface area contributed by atoms with Crippen molar-refractivity contribution in [3.8, 4) is 0 Å².